The van der Waals surface area contributed by atoms with Crippen molar-refractivity contribution >= 4 is 45.9 Å². The fraction of sp³-hybridized carbons (Fsp3) is 0.512. The van der Waals surface area contributed by atoms with E-state index in [4.69, 9.17) is 9.84 Å². The lowest BCUT2D eigenvalue weighted by Gasteiger charge is -2.26. The average molecular weight is 769 g/mol. The third-order valence-electron chi connectivity index (χ3n) is 12.9. The normalized spacial score (nSPS) is 26.8. The minimum Gasteiger partial charge on any atom is -0.370 e. The van der Waals surface area contributed by atoms with Crippen LogP contribution in [0.1, 0.15) is 86.3 Å². The maximum atomic E-state index is 15.0. The number of aromatic amines is 1. The molecule has 2 aliphatic carbocycles. The number of anilines is 2. The molecule has 3 N–H and O–H groups in total. The van der Waals surface area contributed by atoms with Gasteiger partial charge in [0.2, 0.25) is 17.7 Å². The largest absolute Gasteiger partial charge is 0.370 e. The van der Waals surface area contributed by atoms with Crippen LogP contribution in [0.3, 0.4) is 0 Å². The lowest BCUT2D eigenvalue weighted by atomic mass is 9.87. The molecule has 6 heterocycles. The smallest absolute Gasteiger partial charge is 0.270 e. The third-order valence-corrected chi connectivity index (χ3v) is 12.9. The van der Waals surface area contributed by atoms with Crippen LogP contribution < -0.4 is 20.4 Å². The van der Waals surface area contributed by atoms with Crippen LogP contribution in [0.4, 0.5) is 20.2 Å². The van der Waals surface area contributed by atoms with E-state index in [9.17, 15) is 28.0 Å². The lowest BCUT2D eigenvalue weighted by molar-refractivity contribution is -0.134. The molecular formula is C41H46F2N8O5. The summed E-state index contributed by atoms with van der Waals surface area (Å²) in [4.78, 5) is 61.2. The van der Waals surface area contributed by atoms with E-state index in [2.05, 4.69) is 25.5 Å². The predicted octanol–water partition coefficient (Wildman–Crippen LogP) is 5.30. The van der Waals surface area contributed by atoms with Crippen molar-refractivity contribution < 1.29 is 32.7 Å². The number of rotatable bonds is 9. The summed E-state index contributed by atoms with van der Waals surface area (Å²) in [6.45, 7) is 3.91. The topological polar surface area (TPSA) is 155 Å². The summed E-state index contributed by atoms with van der Waals surface area (Å²) < 4.78 is 38.0. The summed E-state index contributed by atoms with van der Waals surface area (Å²) >= 11 is 0. The summed E-state index contributed by atoms with van der Waals surface area (Å²) in [6.07, 6.45) is 7.24. The first-order valence-electron chi connectivity index (χ1n) is 19.7. The molecule has 4 aromatic rings. The van der Waals surface area contributed by atoms with Crippen molar-refractivity contribution in [3.05, 3.63) is 59.5 Å². The second-order valence-corrected chi connectivity index (χ2v) is 16.4. The van der Waals surface area contributed by atoms with Crippen molar-refractivity contribution in [1.29, 1.82) is 0 Å². The van der Waals surface area contributed by atoms with Crippen LogP contribution in [-0.4, -0.2) is 82.1 Å². The summed E-state index contributed by atoms with van der Waals surface area (Å²) in [6, 6.07) is 10.6. The van der Waals surface area contributed by atoms with Crippen molar-refractivity contribution in [1.82, 2.24) is 30.4 Å². The van der Waals surface area contributed by atoms with Crippen LogP contribution in [0, 0.1) is 17.3 Å². The highest BCUT2D eigenvalue weighted by Gasteiger charge is 2.78. The molecule has 13 nitrogen and oxygen atoms in total. The van der Waals surface area contributed by atoms with Gasteiger partial charge in [-0.05, 0) is 81.2 Å². The average Bonchev–Trinajstić information content (AvgIpc) is 3.78. The van der Waals surface area contributed by atoms with E-state index in [0.717, 1.165) is 84.4 Å². The van der Waals surface area contributed by atoms with Gasteiger partial charge in [-0.15, -0.1) is 0 Å². The van der Waals surface area contributed by atoms with Gasteiger partial charge in [0.05, 0.1) is 17.6 Å². The van der Waals surface area contributed by atoms with Gasteiger partial charge in [-0.1, -0.05) is 13.0 Å². The monoisotopic (exact) mass is 768 g/mol. The van der Waals surface area contributed by atoms with E-state index >= 15 is 0 Å². The molecule has 3 aromatic heterocycles. The van der Waals surface area contributed by atoms with Crippen LogP contribution in [0.15, 0.2) is 42.6 Å². The van der Waals surface area contributed by atoms with Gasteiger partial charge in [0.25, 0.3) is 11.8 Å². The minimum atomic E-state index is -2.70. The van der Waals surface area contributed by atoms with E-state index in [0.29, 0.717) is 24.6 Å². The molecule has 4 amide bonds. The van der Waals surface area contributed by atoms with Gasteiger partial charge in [0.1, 0.15) is 23.7 Å². The highest BCUT2D eigenvalue weighted by atomic mass is 19.3. The zero-order valence-corrected chi connectivity index (χ0v) is 31.6. The summed E-state index contributed by atoms with van der Waals surface area (Å²) in [5.74, 6) is -4.39. The maximum Gasteiger partial charge on any atom is 0.270 e. The SMILES string of the molecule is CN(C(=O)CCC1CCN(c2ccc(C(=O)NC3CCC(=O)NC3=O)nc2)C1)c1ccc2cc(-c3nn(C4CCCCO4)c4c3C[C@@H]3C(F)(F)[C@]3(C)C4)[nH]c2c1. The number of carbonyl (C=O) groups excluding carboxylic acids is 4. The standard InChI is InChI=1S/C41H46F2N8O5/c1-40-20-32-27(19-33(40)41(40,42)43)37(48-51(32)36-5-3-4-16-56-36)31-17-24-7-8-25(18-30(24)45-31)49(2)35(53)13-6-23-14-15-50(22-23)26-9-10-28(44-21-26)38(54)46-29-11-12-34(52)47-39(29)55/h7-10,17-18,21,23,29,33,36,45H,3-6,11-16,19-20,22H2,1-2H3,(H,46,54)(H,47,52,55)/t23?,29?,33-,36?,40+/m0/s1. The first-order valence-corrected chi connectivity index (χ1v) is 19.7. The third kappa shape index (κ3) is 6.33. The molecule has 3 aliphatic heterocycles. The van der Waals surface area contributed by atoms with Gasteiger partial charge < -0.3 is 24.8 Å². The number of fused-ring (bicyclic) bond motifs is 3. The van der Waals surface area contributed by atoms with E-state index in [1.807, 2.05) is 35.0 Å². The van der Waals surface area contributed by atoms with E-state index < -0.39 is 35.1 Å². The quantitative estimate of drug-likeness (QED) is 0.194. The number of ether oxygens (including phenoxy) is 1. The number of benzene rings is 1. The van der Waals surface area contributed by atoms with Crippen LogP contribution in [0.5, 0.6) is 0 Å². The number of imide groups is 1. The molecule has 3 unspecified atom stereocenters. The fourth-order valence-electron chi connectivity index (χ4n) is 9.26. The van der Waals surface area contributed by atoms with E-state index in [1.165, 1.54) is 0 Å². The van der Waals surface area contributed by atoms with Crippen molar-refractivity contribution in [3.8, 4) is 11.4 Å². The Morgan fingerprint density at radius 2 is 1.96 bits per heavy atom. The maximum absolute atomic E-state index is 15.0. The zero-order valence-electron chi connectivity index (χ0n) is 31.6. The number of carbonyl (C=O) groups is 4. The number of hydrogen-bond acceptors (Lipinski definition) is 8. The van der Waals surface area contributed by atoms with E-state index in [-0.39, 0.29) is 49.4 Å². The number of alkyl halides is 2. The molecule has 15 heteroatoms. The number of amides is 4. The Balaban J connectivity index is 0.825. The van der Waals surface area contributed by atoms with Crippen molar-refractivity contribution in [2.24, 2.45) is 17.3 Å². The number of halogens is 2. The first kappa shape index (κ1) is 36.5. The van der Waals surface area contributed by atoms with Crippen LogP contribution in [0.2, 0.25) is 0 Å². The number of hydrogen-bond donors (Lipinski definition) is 3. The van der Waals surface area contributed by atoms with Crippen molar-refractivity contribution in [2.75, 3.05) is 36.5 Å². The highest BCUT2D eigenvalue weighted by Crippen LogP contribution is 2.70. The predicted molar refractivity (Wildman–Crippen MR) is 203 cm³/mol. The summed E-state index contributed by atoms with van der Waals surface area (Å²) in [5.41, 5.74) is 4.84. The summed E-state index contributed by atoms with van der Waals surface area (Å²) in [7, 11) is 1.78. The number of nitrogens with zero attached hydrogens (tertiary/aromatic N) is 5. The number of aromatic nitrogens is 4. The Labute approximate surface area is 322 Å². The second kappa shape index (κ2) is 13.8. The molecule has 0 radical (unpaired) electrons. The minimum absolute atomic E-state index is 0.0105. The molecule has 294 valence electrons. The Bertz CT molecular complexity index is 2230. The van der Waals surface area contributed by atoms with Crippen molar-refractivity contribution in [3.63, 3.8) is 0 Å². The van der Waals surface area contributed by atoms with Crippen LogP contribution in [0.25, 0.3) is 22.3 Å². The molecule has 56 heavy (non-hydrogen) atoms. The number of H-pyrrole nitrogens is 1. The number of pyridine rings is 1. The van der Waals surface area contributed by atoms with Gasteiger partial charge in [0, 0.05) is 85.2 Å². The summed E-state index contributed by atoms with van der Waals surface area (Å²) in [5, 5.41) is 10.9. The molecule has 3 saturated heterocycles. The van der Waals surface area contributed by atoms with E-state index in [1.54, 1.807) is 31.1 Å². The molecule has 5 atom stereocenters. The molecule has 0 bridgehead atoms. The zero-order chi connectivity index (χ0) is 38.9. The van der Waals surface area contributed by atoms with Gasteiger partial charge in [-0.25, -0.2) is 18.4 Å². The molecular weight excluding hydrogens is 722 g/mol. The molecule has 1 saturated carbocycles. The first-order chi connectivity index (χ1) is 26.9. The Morgan fingerprint density at radius 3 is 2.73 bits per heavy atom. The second-order valence-electron chi connectivity index (χ2n) is 16.4. The molecule has 1 aromatic carbocycles. The fourth-order valence-corrected chi connectivity index (χ4v) is 9.26. The van der Waals surface area contributed by atoms with Gasteiger partial charge >= 0.3 is 0 Å². The molecule has 5 aliphatic rings. The molecule has 4 fully saturated rings. The highest BCUT2D eigenvalue weighted by molar-refractivity contribution is 6.03. The number of nitrogens with one attached hydrogen (secondary N) is 3. The van der Waals surface area contributed by atoms with Gasteiger partial charge in [-0.3, -0.25) is 24.5 Å². The van der Waals surface area contributed by atoms with Crippen LogP contribution in [-0.2, 0) is 32.0 Å². The Hall–Kier alpha value is -5.18. The number of piperidine rings is 1. The molecule has 9 rings (SSSR count). The lowest BCUT2D eigenvalue weighted by Crippen LogP contribution is -2.52. The Kier molecular flexibility index (Phi) is 8.97. The Morgan fingerprint density at radius 1 is 1.11 bits per heavy atom. The van der Waals surface area contributed by atoms with Gasteiger partial charge in [-0.2, -0.15) is 5.10 Å². The van der Waals surface area contributed by atoms with Crippen molar-refractivity contribution in [2.45, 2.75) is 89.3 Å². The van der Waals surface area contributed by atoms with Crippen LogP contribution >= 0.6 is 0 Å². The molecule has 0 spiro atoms. The van der Waals surface area contributed by atoms with Gasteiger partial charge in [0.15, 0.2) is 0 Å².